The van der Waals surface area contributed by atoms with Crippen LogP contribution in [0.15, 0.2) is 90.0 Å². The lowest BCUT2D eigenvalue weighted by atomic mass is 10.0. The lowest BCUT2D eigenvalue weighted by Crippen LogP contribution is -2.26. The van der Waals surface area contributed by atoms with Crippen LogP contribution in [0.25, 0.3) is 0 Å². The van der Waals surface area contributed by atoms with Gasteiger partial charge in [0, 0.05) is 18.6 Å². The fourth-order valence-electron chi connectivity index (χ4n) is 2.68. The molecule has 0 unspecified atom stereocenters. The van der Waals surface area contributed by atoms with Gasteiger partial charge < -0.3 is 4.74 Å². The third kappa shape index (κ3) is 6.25. The lowest BCUT2D eigenvalue weighted by Gasteiger charge is -2.09. The summed E-state index contributed by atoms with van der Waals surface area (Å²) in [7, 11) is 0. The monoisotopic (exact) mass is 392 g/mol. The van der Waals surface area contributed by atoms with Crippen LogP contribution in [-0.2, 0) is 17.6 Å². The zero-order chi connectivity index (χ0) is 19.6. The van der Waals surface area contributed by atoms with Crippen molar-refractivity contribution in [2.45, 2.75) is 12.8 Å². The summed E-state index contributed by atoms with van der Waals surface area (Å²) >= 11 is 6.03. The molecule has 5 heteroatoms. The van der Waals surface area contributed by atoms with Crippen LogP contribution in [0.1, 0.15) is 11.1 Å². The average molecular weight is 393 g/mol. The maximum Gasteiger partial charge on any atom is 0.277 e. The number of hydrogen-bond donors (Lipinski definition) is 1. The molecule has 1 amide bonds. The number of hydrogen-bond acceptors (Lipinski definition) is 3. The topological polar surface area (TPSA) is 50.7 Å². The first kappa shape index (κ1) is 19.6. The molecule has 28 heavy (non-hydrogen) atoms. The molecule has 4 nitrogen and oxygen atoms in total. The van der Waals surface area contributed by atoms with E-state index in [0.29, 0.717) is 23.6 Å². The number of halogens is 1. The van der Waals surface area contributed by atoms with Gasteiger partial charge in [0.2, 0.25) is 0 Å². The van der Waals surface area contributed by atoms with Gasteiger partial charge >= 0.3 is 0 Å². The first-order chi connectivity index (χ1) is 13.7. The van der Waals surface area contributed by atoms with Gasteiger partial charge in [-0.3, -0.25) is 4.79 Å². The Morgan fingerprint density at radius 1 is 0.821 bits per heavy atom. The van der Waals surface area contributed by atoms with Crippen molar-refractivity contribution in [2.24, 2.45) is 5.10 Å². The van der Waals surface area contributed by atoms with Crippen molar-refractivity contribution < 1.29 is 9.53 Å². The predicted octanol–water partition coefficient (Wildman–Crippen LogP) is 4.68. The quantitative estimate of drug-likeness (QED) is 0.447. The third-order valence-electron chi connectivity index (χ3n) is 4.04. The summed E-state index contributed by atoms with van der Waals surface area (Å²) in [6.45, 7) is -0.156. The van der Waals surface area contributed by atoms with Gasteiger partial charge in [-0.2, -0.15) is 5.10 Å². The van der Waals surface area contributed by atoms with E-state index in [1.54, 1.807) is 24.3 Å². The molecular weight excluding hydrogens is 372 g/mol. The van der Waals surface area contributed by atoms with Gasteiger partial charge in [-0.25, -0.2) is 5.43 Å². The molecule has 0 fully saturated rings. The lowest BCUT2D eigenvalue weighted by molar-refractivity contribution is -0.123. The predicted molar refractivity (Wildman–Crippen MR) is 113 cm³/mol. The number of benzene rings is 3. The summed E-state index contributed by atoms with van der Waals surface area (Å²) in [6.07, 6.45) is 1.31. The number of ether oxygens (including phenoxy) is 1. The molecule has 0 bridgehead atoms. The minimum atomic E-state index is -0.335. The van der Waals surface area contributed by atoms with Gasteiger partial charge in [0.25, 0.3) is 5.91 Å². The van der Waals surface area contributed by atoms with Crippen LogP contribution < -0.4 is 10.2 Å². The van der Waals surface area contributed by atoms with Gasteiger partial charge in [-0.15, -0.1) is 0 Å². The van der Waals surface area contributed by atoms with Crippen LogP contribution in [0.5, 0.6) is 5.75 Å². The van der Waals surface area contributed by atoms with Crippen LogP contribution in [-0.4, -0.2) is 18.2 Å². The first-order valence-electron chi connectivity index (χ1n) is 9.00. The molecular formula is C23H21ClN2O2. The van der Waals surface area contributed by atoms with E-state index in [0.717, 1.165) is 16.8 Å². The molecule has 0 heterocycles. The van der Waals surface area contributed by atoms with Gasteiger partial charge in [0.15, 0.2) is 6.61 Å². The third-order valence-corrected chi connectivity index (χ3v) is 4.35. The van der Waals surface area contributed by atoms with Crippen LogP contribution in [0.3, 0.4) is 0 Å². The van der Waals surface area contributed by atoms with Crippen LogP contribution >= 0.6 is 11.6 Å². The SMILES string of the molecule is O=C(COc1ccccc1Cl)NN=C(Cc1ccccc1)Cc1ccccc1. The summed E-state index contributed by atoms with van der Waals surface area (Å²) in [5, 5.41) is 4.82. The number of amides is 1. The highest BCUT2D eigenvalue weighted by Crippen LogP contribution is 2.22. The van der Waals surface area contributed by atoms with Crippen molar-refractivity contribution in [1.82, 2.24) is 5.43 Å². The number of carbonyl (C=O) groups excluding carboxylic acids is 1. The molecule has 0 aliphatic heterocycles. The van der Waals surface area contributed by atoms with E-state index in [2.05, 4.69) is 10.5 Å². The molecule has 0 spiro atoms. The van der Waals surface area contributed by atoms with Gasteiger partial charge in [-0.05, 0) is 23.3 Å². The van der Waals surface area contributed by atoms with E-state index < -0.39 is 0 Å². The van der Waals surface area contributed by atoms with Gasteiger partial charge in [-0.1, -0.05) is 84.4 Å². The van der Waals surface area contributed by atoms with Crippen molar-refractivity contribution >= 4 is 23.2 Å². The van der Waals surface area contributed by atoms with Crippen molar-refractivity contribution in [1.29, 1.82) is 0 Å². The first-order valence-corrected chi connectivity index (χ1v) is 9.38. The molecule has 3 aromatic rings. The standard InChI is InChI=1S/C23H21ClN2O2/c24-21-13-7-8-14-22(21)28-17-23(27)26-25-20(15-18-9-3-1-4-10-18)16-19-11-5-2-6-12-19/h1-14H,15-17H2,(H,26,27). The summed E-state index contributed by atoms with van der Waals surface area (Å²) < 4.78 is 5.45. The fraction of sp³-hybridized carbons (Fsp3) is 0.130. The number of hydrazone groups is 1. The van der Waals surface area contributed by atoms with E-state index >= 15 is 0 Å². The highest BCUT2D eigenvalue weighted by molar-refractivity contribution is 6.32. The van der Waals surface area contributed by atoms with Crippen molar-refractivity contribution in [3.05, 3.63) is 101 Å². The molecule has 0 aromatic heterocycles. The Kier molecular flexibility index (Phi) is 7.21. The number of rotatable bonds is 8. The Labute approximate surface area is 169 Å². The molecule has 1 N–H and O–H groups in total. The summed E-state index contributed by atoms with van der Waals surface area (Å²) in [6, 6.07) is 27.1. The summed E-state index contributed by atoms with van der Waals surface area (Å²) in [5.41, 5.74) is 5.73. The number of para-hydroxylation sites is 1. The molecule has 0 radical (unpaired) electrons. The summed E-state index contributed by atoms with van der Waals surface area (Å²) in [5.74, 6) is 0.135. The molecule has 3 rings (SSSR count). The number of nitrogens with zero attached hydrogens (tertiary/aromatic N) is 1. The van der Waals surface area contributed by atoms with E-state index in [1.165, 1.54) is 0 Å². The van der Waals surface area contributed by atoms with Crippen LogP contribution in [0.4, 0.5) is 0 Å². The normalized spacial score (nSPS) is 10.2. The highest BCUT2D eigenvalue weighted by atomic mass is 35.5. The Morgan fingerprint density at radius 3 is 1.93 bits per heavy atom. The Bertz CT molecular complexity index is 884. The molecule has 0 aliphatic rings. The minimum Gasteiger partial charge on any atom is -0.482 e. The fourth-order valence-corrected chi connectivity index (χ4v) is 2.87. The van der Waals surface area contributed by atoms with Gasteiger partial charge in [0.1, 0.15) is 5.75 Å². The molecule has 142 valence electrons. The zero-order valence-electron chi connectivity index (χ0n) is 15.3. The van der Waals surface area contributed by atoms with Crippen molar-refractivity contribution in [3.63, 3.8) is 0 Å². The highest BCUT2D eigenvalue weighted by Gasteiger charge is 2.07. The van der Waals surface area contributed by atoms with E-state index in [1.807, 2.05) is 60.7 Å². The molecule has 3 aromatic carbocycles. The van der Waals surface area contributed by atoms with Crippen molar-refractivity contribution in [3.8, 4) is 5.75 Å². The number of nitrogens with one attached hydrogen (secondary N) is 1. The zero-order valence-corrected chi connectivity index (χ0v) is 16.1. The Balaban J connectivity index is 1.63. The Hall–Kier alpha value is -3.11. The second-order valence-corrected chi connectivity index (χ2v) is 6.66. The largest absolute Gasteiger partial charge is 0.482 e. The van der Waals surface area contributed by atoms with E-state index in [9.17, 15) is 4.79 Å². The van der Waals surface area contributed by atoms with Gasteiger partial charge in [0.05, 0.1) is 5.02 Å². The maximum absolute atomic E-state index is 12.2. The van der Waals surface area contributed by atoms with Crippen molar-refractivity contribution in [2.75, 3.05) is 6.61 Å². The van der Waals surface area contributed by atoms with E-state index in [4.69, 9.17) is 16.3 Å². The van der Waals surface area contributed by atoms with Crippen LogP contribution in [0.2, 0.25) is 5.02 Å². The number of carbonyl (C=O) groups is 1. The maximum atomic E-state index is 12.2. The molecule has 0 aliphatic carbocycles. The summed E-state index contributed by atoms with van der Waals surface area (Å²) in [4.78, 5) is 12.2. The molecule has 0 saturated carbocycles. The minimum absolute atomic E-state index is 0.156. The van der Waals surface area contributed by atoms with Crippen LogP contribution in [0, 0.1) is 0 Å². The smallest absolute Gasteiger partial charge is 0.277 e. The van der Waals surface area contributed by atoms with E-state index in [-0.39, 0.29) is 12.5 Å². The second kappa shape index (κ2) is 10.3. The average Bonchev–Trinajstić information content (AvgIpc) is 2.73. The Morgan fingerprint density at radius 2 is 1.36 bits per heavy atom. The molecule has 0 saturated heterocycles. The molecule has 0 atom stereocenters. The second-order valence-electron chi connectivity index (χ2n) is 6.26.